The molecule has 0 spiro atoms. The van der Waals surface area contributed by atoms with Crippen LogP contribution in [0.2, 0.25) is 0 Å². The summed E-state index contributed by atoms with van der Waals surface area (Å²) in [5, 5.41) is 8.91. The fourth-order valence-corrected chi connectivity index (χ4v) is 2.39. The second-order valence-electron chi connectivity index (χ2n) is 5.28. The molecule has 0 unspecified atom stereocenters. The van der Waals surface area contributed by atoms with Crippen LogP contribution < -0.4 is 0 Å². The summed E-state index contributed by atoms with van der Waals surface area (Å²) < 4.78 is 0. The number of aryl methyl sites for hydroxylation is 2. The summed E-state index contributed by atoms with van der Waals surface area (Å²) in [6, 6.07) is 6.98. The lowest BCUT2D eigenvalue weighted by Crippen LogP contribution is -2.33. The molecule has 3 heteroatoms. The second kappa shape index (κ2) is 5.53. The molecule has 1 aromatic rings. The Morgan fingerprint density at radius 3 is 2.67 bits per heavy atom. The fourth-order valence-electron chi connectivity index (χ4n) is 2.39. The molecule has 1 fully saturated rings. The van der Waals surface area contributed by atoms with Crippen LogP contribution in [0.5, 0.6) is 0 Å². The monoisotopic (exact) mass is 247 g/mol. The van der Waals surface area contributed by atoms with Gasteiger partial charge in [0.25, 0.3) is 0 Å². The Morgan fingerprint density at radius 1 is 1.39 bits per heavy atom. The van der Waals surface area contributed by atoms with Crippen LogP contribution in [0.1, 0.15) is 29.5 Å². The summed E-state index contributed by atoms with van der Waals surface area (Å²) in [6.45, 7) is 5.25. The van der Waals surface area contributed by atoms with Crippen LogP contribution >= 0.6 is 0 Å². The van der Waals surface area contributed by atoms with Gasteiger partial charge in [-0.3, -0.25) is 9.69 Å². The number of rotatable bonds is 6. The van der Waals surface area contributed by atoms with E-state index >= 15 is 0 Å². The van der Waals surface area contributed by atoms with Crippen LogP contribution in [0.3, 0.4) is 0 Å². The Labute approximate surface area is 108 Å². The van der Waals surface area contributed by atoms with E-state index in [1.54, 1.807) is 0 Å². The van der Waals surface area contributed by atoms with Crippen LogP contribution in [0.15, 0.2) is 18.2 Å². The second-order valence-corrected chi connectivity index (χ2v) is 5.28. The number of hydrogen-bond donors (Lipinski definition) is 1. The summed E-state index contributed by atoms with van der Waals surface area (Å²) in [6.07, 6.45) is 3.25. The van der Waals surface area contributed by atoms with Crippen LogP contribution in [-0.2, 0) is 11.2 Å². The molecular formula is C15H21NO2. The van der Waals surface area contributed by atoms with Gasteiger partial charge >= 0.3 is 5.97 Å². The fraction of sp³-hybridized carbons (Fsp3) is 0.533. The maximum atomic E-state index is 10.8. The molecule has 0 heterocycles. The van der Waals surface area contributed by atoms with Crippen molar-refractivity contribution < 1.29 is 9.90 Å². The standard InChI is InChI=1S/C15H21NO2/c1-11-3-4-13(12(2)9-11)7-8-16(10-15(17)18)14-5-6-14/h3-4,9,14H,5-8,10H2,1-2H3,(H,17,18). The van der Waals surface area contributed by atoms with E-state index in [4.69, 9.17) is 5.11 Å². The van der Waals surface area contributed by atoms with Gasteiger partial charge in [0.1, 0.15) is 0 Å². The summed E-state index contributed by atoms with van der Waals surface area (Å²) in [5.74, 6) is -0.720. The van der Waals surface area contributed by atoms with Crippen LogP contribution in [0, 0.1) is 13.8 Å². The number of benzene rings is 1. The summed E-state index contributed by atoms with van der Waals surface area (Å²) in [4.78, 5) is 12.9. The first-order valence-corrected chi connectivity index (χ1v) is 6.58. The van der Waals surface area contributed by atoms with Crippen molar-refractivity contribution in [3.63, 3.8) is 0 Å². The van der Waals surface area contributed by atoms with E-state index in [1.807, 2.05) is 0 Å². The van der Waals surface area contributed by atoms with Gasteiger partial charge in [-0.25, -0.2) is 0 Å². The molecule has 1 aliphatic rings. The molecule has 0 bridgehead atoms. The molecule has 3 nitrogen and oxygen atoms in total. The van der Waals surface area contributed by atoms with Crippen molar-refractivity contribution in [2.75, 3.05) is 13.1 Å². The third kappa shape index (κ3) is 3.57. The molecular weight excluding hydrogens is 226 g/mol. The minimum atomic E-state index is -0.720. The molecule has 0 atom stereocenters. The molecule has 0 aromatic heterocycles. The number of hydrogen-bond acceptors (Lipinski definition) is 2. The Hall–Kier alpha value is -1.35. The normalized spacial score (nSPS) is 15.1. The van der Waals surface area contributed by atoms with Crippen LogP contribution in [0.4, 0.5) is 0 Å². The average molecular weight is 247 g/mol. The summed E-state index contributed by atoms with van der Waals surface area (Å²) in [7, 11) is 0. The predicted molar refractivity (Wildman–Crippen MR) is 71.9 cm³/mol. The minimum Gasteiger partial charge on any atom is -0.480 e. The van der Waals surface area contributed by atoms with Crippen molar-refractivity contribution in [2.24, 2.45) is 0 Å². The number of carboxylic acids is 1. The van der Waals surface area contributed by atoms with Crippen molar-refractivity contribution in [3.8, 4) is 0 Å². The van der Waals surface area contributed by atoms with Crippen molar-refractivity contribution in [3.05, 3.63) is 34.9 Å². The zero-order valence-corrected chi connectivity index (χ0v) is 11.1. The van der Waals surface area contributed by atoms with Gasteiger partial charge in [0.05, 0.1) is 6.54 Å². The Bertz CT molecular complexity index is 438. The van der Waals surface area contributed by atoms with Crippen molar-refractivity contribution >= 4 is 5.97 Å². The summed E-state index contributed by atoms with van der Waals surface area (Å²) in [5.41, 5.74) is 3.92. The maximum absolute atomic E-state index is 10.8. The maximum Gasteiger partial charge on any atom is 0.317 e. The van der Waals surface area contributed by atoms with Crippen molar-refractivity contribution in [2.45, 2.75) is 39.2 Å². The highest BCUT2D eigenvalue weighted by Crippen LogP contribution is 2.26. The smallest absolute Gasteiger partial charge is 0.317 e. The molecule has 0 amide bonds. The average Bonchev–Trinajstić information content (AvgIpc) is 3.09. The Morgan fingerprint density at radius 2 is 2.11 bits per heavy atom. The third-order valence-corrected chi connectivity index (χ3v) is 3.57. The first-order valence-electron chi connectivity index (χ1n) is 6.58. The Kier molecular flexibility index (Phi) is 4.02. The SMILES string of the molecule is Cc1ccc(CCN(CC(=O)O)C2CC2)c(C)c1. The quantitative estimate of drug-likeness (QED) is 0.839. The van der Waals surface area contributed by atoms with Gasteiger partial charge in [-0.2, -0.15) is 0 Å². The van der Waals surface area contributed by atoms with Gasteiger partial charge in [0.15, 0.2) is 0 Å². The minimum absolute atomic E-state index is 0.176. The zero-order valence-electron chi connectivity index (χ0n) is 11.1. The number of carbonyl (C=O) groups is 1. The molecule has 0 saturated heterocycles. The molecule has 1 aliphatic carbocycles. The molecule has 1 N–H and O–H groups in total. The molecule has 0 radical (unpaired) electrons. The number of aliphatic carboxylic acids is 1. The van der Waals surface area contributed by atoms with Gasteiger partial charge in [-0.15, -0.1) is 0 Å². The first kappa shape index (κ1) is 13.1. The topological polar surface area (TPSA) is 40.5 Å². The lowest BCUT2D eigenvalue weighted by Gasteiger charge is -2.20. The van der Waals surface area contributed by atoms with E-state index in [-0.39, 0.29) is 6.54 Å². The van der Waals surface area contributed by atoms with Crippen molar-refractivity contribution in [1.82, 2.24) is 4.90 Å². The molecule has 1 aromatic carbocycles. The van der Waals surface area contributed by atoms with E-state index in [2.05, 4.69) is 36.9 Å². The van der Waals surface area contributed by atoms with Gasteiger partial charge in [-0.05, 0) is 44.2 Å². The van der Waals surface area contributed by atoms with E-state index in [1.165, 1.54) is 16.7 Å². The molecule has 2 rings (SSSR count). The van der Waals surface area contributed by atoms with Gasteiger partial charge in [0.2, 0.25) is 0 Å². The molecule has 98 valence electrons. The zero-order chi connectivity index (χ0) is 13.1. The third-order valence-electron chi connectivity index (χ3n) is 3.57. The predicted octanol–water partition coefficient (Wildman–Crippen LogP) is 2.39. The highest BCUT2D eigenvalue weighted by atomic mass is 16.4. The number of nitrogens with zero attached hydrogens (tertiary/aromatic N) is 1. The molecule has 1 saturated carbocycles. The lowest BCUT2D eigenvalue weighted by molar-refractivity contribution is -0.138. The van der Waals surface area contributed by atoms with Crippen molar-refractivity contribution in [1.29, 1.82) is 0 Å². The highest BCUT2D eigenvalue weighted by Gasteiger charge is 2.29. The largest absolute Gasteiger partial charge is 0.480 e. The van der Waals surface area contributed by atoms with Gasteiger partial charge < -0.3 is 5.11 Å². The Balaban J connectivity index is 1.94. The molecule has 0 aliphatic heterocycles. The van der Waals surface area contributed by atoms with Crippen LogP contribution in [0.25, 0.3) is 0 Å². The van der Waals surface area contributed by atoms with E-state index < -0.39 is 5.97 Å². The molecule has 18 heavy (non-hydrogen) atoms. The summed E-state index contributed by atoms with van der Waals surface area (Å²) >= 11 is 0. The van der Waals surface area contributed by atoms with Crippen LogP contribution in [-0.4, -0.2) is 35.1 Å². The van der Waals surface area contributed by atoms with E-state index in [0.717, 1.165) is 25.8 Å². The number of carboxylic acid groups (broad SMARTS) is 1. The van der Waals surface area contributed by atoms with Gasteiger partial charge in [0, 0.05) is 12.6 Å². The lowest BCUT2D eigenvalue weighted by atomic mass is 10.0. The van der Waals surface area contributed by atoms with E-state index in [0.29, 0.717) is 6.04 Å². The van der Waals surface area contributed by atoms with Gasteiger partial charge in [-0.1, -0.05) is 23.8 Å². The highest BCUT2D eigenvalue weighted by molar-refractivity contribution is 5.69. The first-order chi connectivity index (χ1) is 8.56. The van der Waals surface area contributed by atoms with E-state index in [9.17, 15) is 4.79 Å².